The van der Waals surface area contributed by atoms with E-state index >= 15 is 0 Å². The van der Waals surface area contributed by atoms with Crippen LogP contribution in [-0.2, 0) is 0 Å². The van der Waals surface area contributed by atoms with Crippen molar-refractivity contribution in [3.05, 3.63) is 0 Å². The zero-order valence-electron chi connectivity index (χ0n) is 21.8. The fourth-order valence-electron chi connectivity index (χ4n) is 5.86. The molecule has 0 bridgehead atoms. The zero-order chi connectivity index (χ0) is 24.3. The topological polar surface area (TPSA) is 0 Å². The predicted octanol–water partition coefficient (Wildman–Crippen LogP) is 10.6. The average molecular weight is 458 g/mol. The summed E-state index contributed by atoms with van der Waals surface area (Å²) < 4.78 is 39.0. The molecular weight excluding hydrogens is 406 g/mol. The molecule has 0 heterocycles. The highest BCUT2D eigenvalue weighted by molar-refractivity contribution is 7.80. The lowest BCUT2D eigenvalue weighted by atomic mass is 10.1. The molecule has 0 atom stereocenters. The smallest absolute Gasteiger partial charge is 0.418 e. The van der Waals surface area contributed by atoms with Gasteiger partial charge < -0.3 is 17.3 Å². The van der Waals surface area contributed by atoms with Crippen LogP contribution in [0, 0.1) is 0 Å². The molecule has 30 heavy (non-hydrogen) atoms. The highest BCUT2D eigenvalue weighted by atomic mass is 31.2. The van der Waals surface area contributed by atoms with E-state index in [1.165, 1.54) is 70.4 Å². The van der Waals surface area contributed by atoms with Gasteiger partial charge in [0.25, 0.3) is 0 Å². The molecule has 184 valence electrons. The van der Waals surface area contributed by atoms with E-state index < -0.39 is 14.5 Å². The standard InChI is InChI=1S/C24H52P.BF4/c1-11-12-13-14-15-16-17-18-19-20-21-25(22(2,3)4,23(5,6)7)24(8,9)10;2-1(3,4)5/h11-21H2,1-10H3;/q+1;-1. The van der Waals surface area contributed by atoms with Gasteiger partial charge in [0, 0.05) is 7.26 Å². The maximum Gasteiger partial charge on any atom is 0.673 e. The number of hydrogen-bond donors (Lipinski definition) is 0. The molecule has 0 aliphatic heterocycles. The molecule has 0 aliphatic carbocycles. The Hall–Kier alpha value is 0.215. The summed E-state index contributed by atoms with van der Waals surface area (Å²) in [7, 11) is -7.12. The molecule has 0 radical (unpaired) electrons. The van der Waals surface area contributed by atoms with Crippen LogP contribution in [0.3, 0.4) is 0 Å². The zero-order valence-corrected chi connectivity index (χ0v) is 22.7. The van der Waals surface area contributed by atoms with Gasteiger partial charge in [0.2, 0.25) is 0 Å². The molecular formula is C24H52BF4P. The third kappa shape index (κ3) is 12.9. The summed E-state index contributed by atoms with van der Waals surface area (Å²) in [6, 6.07) is 0. The van der Waals surface area contributed by atoms with E-state index in [9.17, 15) is 17.3 Å². The molecule has 0 aromatic carbocycles. The van der Waals surface area contributed by atoms with Crippen molar-refractivity contribution in [2.45, 2.75) is 149 Å². The van der Waals surface area contributed by atoms with Crippen LogP contribution in [0.2, 0.25) is 0 Å². The van der Waals surface area contributed by atoms with Gasteiger partial charge in [-0.25, -0.2) is 0 Å². The lowest BCUT2D eigenvalue weighted by molar-refractivity contribution is 0.368. The van der Waals surface area contributed by atoms with Crippen molar-refractivity contribution in [2.24, 2.45) is 0 Å². The number of unbranched alkanes of at least 4 members (excludes halogenated alkanes) is 9. The van der Waals surface area contributed by atoms with Gasteiger partial charge in [-0.3, -0.25) is 0 Å². The van der Waals surface area contributed by atoms with Gasteiger partial charge >= 0.3 is 7.25 Å². The molecule has 0 fully saturated rings. The first-order chi connectivity index (χ1) is 13.3. The highest BCUT2D eigenvalue weighted by Gasteiger charge is 2.63. The van der Waals surface area contributed by atoms with Gasteiger partial charge in [0.15, 0.2) is 0 Å². The Balaban J connectivity index is 0. The Morgan fingerprint density at radius 3 is 0.967 bits per heavy atom. The van der Waals surface area contributed by atoms with Crippen LogP contribution in [0.4, 0.5) is 17.3 Å². The van der Waals surface area contributed by atoms with Crippen LogP contribution in [0.15, 0.2) is 0 Å². The lowest BCUT2D eigenvalue weighted by Crippen LogP contribution is -2.45. The second kappa shape index (κ2) is 13.7. The van der Waals surface area contributed by atoms with Crippen molar-refractivity contribution in [3.63, 3.8) is 0 Å². The fourth-order valence-corrected chi connectivity index (χ4v) is 14.6. The van der Waals surface area contributed by atoms with E-state index in [0.717, 1.165) is 0 Å². The molecule has 0 aromatic heterocycles. The van der Waals surface area contributed by atoms with Gasteiger partial charge in [-0.2, -0.15) is 0 Å². The maximum atomic E-state index is 9.75. The summed E-state index contributed by atoms with van der Waals surface area (Å²) >= 11 is 0. The van der Waals surface area contributed by atoms with Gasteiger partial charge in [-0.05, 0) is 75.2 Å². The van der Waals surface area contributed by atoms with E-state index in [0.29, 0.717) is 15.5 Å². The Kier molecular flexibility index (Phi) is 14.8. The molecule has 0 unspecified atom stereocenters. The molecule has 0 N–H and O–H groups in total. The van der Waals surface area contributed by atoms with E-state index in [1.807, 2.05) is 0 Å². The van der Waals surface area contributed by atoms with Crippen molar-refractivity contribution in [1.82, 2.24) is 0 Å². The Morgan fingerprint density at radius 2 is 0.733 bits per heavy atom. The summed E-state index contributed by atoms with van der Waals surface area (Å²) in [5.41, 5.74) is 0. The van der Waals surface area contributed by atoms with Crippen LogP contribution in [0.5, 0.6) is 0 Å². The van der Waals surface area contributed by atoms with Crippen molar-refractivity contribution in [1.29, 1.82) is 0 Å². The predicted molar refractivity (Wildman–Crippen MR) is 133 cm³/mol. The molecule has 6 heteroatoms. The first-order valence-electron chi connectivity index (χ1n) is 12.1. The molecule has 0 saturated heterocycles. The number of halogens is 4. The average Bonchev–Trinajstić information content (AvgIpc) is 2.47. The van der Waals surface area contributed by atoms with Gasteiger partial charge in [-0.15, -0.1) is 0 Å². The van der Waals surface area contributed by atoms with E-state index in [-0.39, 0.29) is 0 Å². The summed E-state index contributed by atoms with van der Waals surface area (Å²) in [5, 5.41) is 1.30. The largest absolute Gasteiger partial charge is 0.673 e. The molecule has 0 amide bonds. The first kappa shape index (κ1) is 32.4. The maximum absolute atomic E-state index is 9.75. The van der Waals surface area contributed by atoms with Crippen LogP contribution >= 0.6 is 7.26 Å². The number of rotatable bonds is 11. The number of hydrogen-bond acceptors (Lipinski definition) is 0. The van der Waals surface area contributed by atoms with Crippen LogP contribution in [0.1, 0.15) is 133 Å². The monoisotopic (exact) mass is 458 g/mol. The molecule has 0 saturated carbocycles. The minimum absolute atomic E-state index is 0.433. The van der Waals surface area contributed by atoms with Crippen molar-refractivity contribution < 1.29 is 17.3 Å². The third-order valence-electron chi connectivity index (χ3n) is 6.28. The molecule has 0 aliphatic rings. The van der Waals surface area contributed by atoms with E-state index in [4.69, 9.17) is 0 Å². The molecule has 0 aromatic rings. The van der Waals surface area contributed by atoms with Crippen molar-refractivity contribution >= 4 is 14.5 Å². The van der Waals surface area contributed by atoms with Crippen LogP contribution < -0.4 is 0 Å². The first-order valence-corrected chi connectivity index (χ1v) is 14.0. The van der Waals surface area contributed by atoms with Crippen LogP contribution in [-0.4, -0.2) is 28.9 Å². The second-order valence-corrected chi connectivity index (χ2v) is 17.8. The third-order valence-corrected chi connectivity index (χ3v) is 14.1. The quantitative estimate of drug-likeness (QED) is 0.125. The minimum atomic E-state index is -6.00. The Morgan fingerprint density at radius 1 is 0.500 bits per heavy atom. The Bertz CT molecular complexity index is 386. The van der Waals surface area contributed by atoms with Crippen LogP contribution in [0.25, 0.3) is 0 Å². The molecule has 0 spiro atoms. The normalized spacial score (nSPS) is 13.8. The van der Waals surface area contributed by atoms with E-state index in [2.05, 4.69) is 69.2 Å². The summed E-state index contributed by atoms with van der Waals surface area (Å²) in [4.78, 5) is 0. The second-order valence-electron chi connectivity index (χ2n) is 11.7. The van der Waals surface area contributed by atoms with E-state index in [1.54, 1.807) is 0 Å². The van der Waals surface area contributed by atoms with Crippen molar-refractivity contribution in [3.8, 4) is 0 Å². The van der Waals surface area contributed by atoms with Gasteiger partial charge in [-0.1, -0.05) is 58.3 Å². The SMILES string of the molecule is CCCCCCCCCCCC[P+](C(C)(C)C)(C(C)(C)C)C(C)(C)C.F[B-](F)(F)F. The molecule has 0 rings (SSSR count). The summed E-state index contributed by atoms with van der Waals surface area (Å²) in [5.74, 6) is 0. The van der Waals surface area contributed by atoms with Crippen molar-refractivity contribution in [2.75, 3.05) is 6.16 Å². The van der Waals surface area contributed by atoms with Gasteiger partial charge in [0.1, 0.15) is 0 Å². The Labute approximate surface area is 187 Å². The minimum Gasteiger partial charge on any atom is -0.418 e. The van der Waals surface area contributed by atoms with Gasteiger partial charge in [0.05, 0.1) is 21.6 Å². The summed E-state index contributed by atoms with van der Waals surface area (Å²) in [6.45, 7) is 25.0. The summed E-state index contributed by atoms with van der Waals surface area (Å²) in [6.07, 6.45) is 15.9. The fraction of sp³-hybridized carbons (Fsp3) is 1.00. The highest BCUT2D eigenvalue weighted by Crippen LogP contribution is 2.83. The molecule has 0 nitrogen and oxygen atoms in total. The lowest BCUT2D eigenvalue weighted by Gasteiger charge is -2.54.